The summed E-state index contributed by atoms with van der Waals surface area (Å²) in [4.78, 5) is 12.9. The summed E-state index contributed by atoms with van der Waals surface area (Å²) < 4.78 is 22.4. The lowest BCUT2D eigenvalue weighted by Crippen LogP contribution is -2.65. The highest BCUT2D eigenvalue weighted by Crippen LogP contribution is 2.29. The number of unbranched alkanes of at least 4 members (excludes halogenated alkanes) is 11. The lowest BCUT2D eigenvalue weighted by molar-refractivity contribution is -0.359. The van der Waals surface area contributed by atoms with Crippen molar-refractivity contribution in [3.05, 3.63) is 24.3 Å². The van der Waals surface area contributed by atoms with Gasteiger partial charge < -0.3 is 65.1 Å². The van der Waals surface area contributed by atoms with Crippen LogP contribution in [0, 0.1) is 0 Å². The molecule has 12 unspecified atom stereocenters. The zero-order chi connectivity index (χ0) is 37.6. The summed E-state index contributed by atoms with van der Waals surface area (Å²) in [5.74, 6) is -0.264. The largest absolute Gasteiger partial charge is 0.394 e. The van der Waals surface area contributed by atoms with E-state index in [0.29, 0.717) is 12.8 Å². The smallest absolute Gasteiger partial charge is 0.220 e. The standard InChI is InChI=1S/C37H67NO13/c1-3-5-7-9-11-12-13-14-15-16-18-20-26(41)25(38-29(42)21-19-17-10-8-6-4-2)24-48-36-34(47)32(45)35(28(23-40)50-36)51-37-33(46)31(44)30(43)27(22-39)49-37/h13-14,18,20,25-28,30-37,39-41,43-47H,3-12,15-17,19,21-24H2,1-2H3,(H,38,42)/b14-13+,20-18+. The summed E-state index contributed by atoms with van der Waals surface area (Å²) in [6.45, 7) is 2.61. The third-order valence-electron chi connectivity index (χ3n) is 9.39. The number of amides is 1. The van der Waals surface area contributed by atoms with Gasteiger partial charge in [-0.2, -0.15) is 0 Å². The molecule has 2 rings (SSSR count). The first-order chi connectivity index (χ1) is 24.6. The van der Waals surface area contributed by atoms with E-state index in [1.54, 1.807) is 6.08 Å². The van der Waals surface area contributed by atoms with Crippen molar-refractivity contribution in [3.63, 3.8) is 0 Å². The van der Waals surface area contributed by atoms with Crippen LogP contribution in [-0.4, -0.2) is 140 Å². The van der Waals surface area contributed by atoms with E-state index in [1.165, 1.54) is 32.1 Å². The molecule has 0 radical (unpaired) electrons. The molecule has 2 saturated heterocycles. The van der Waals surface area contributed by atoms with E-state index in [2.05, 4.69) is 31.3 Å². The molecule has 0 aromatic rings. The van der Waals surface area contributed by atoms with Gasteiger partial charge in [-0.1, -0.05) is 95.9 Å². The van der Waals surface area contributed by atoms with Gasteiger partial charge in [0.1, 0.15) is 48.8 Å². The molecule has 9 N–H and O–H groups in total. The quantitative estimate of drug-likeness (QED) is 0.0454. The summed E-state index contributed by atoms with van der Waals surface area (Å²) in [7, 11) is 0. The van der Waals surface area contributed by atoms with Crippen LogP contribution < -0.4 is 5.32 Å². The first kappa shape index (κ1) is 45.6. The van der Waals surface area contributed by atoms with Crippen LogP contribution in [-0.2, 0) is 23.7 Å². The van der Waals surface area contributed by atoms with Crippen molar-refractivity contribution in [2.24, 2.45) is 0 Å². The van der Waals surface area contributed by atoms with Gasteiger partial charge in [0, 0.05) is 6.42 Å². The Hall–Kier alpha value is -1.53. The molecule has 298 valence electrons. The van der Waals surface area contributed by atoms with Crippen LogP contribution in [0.2, 0.25) is 0 Å². The normalized spacial score (nSPS) is 31.3. The maximum Gasteiger partial charge on any atom is 0.220 e. The Bertz CT molecular complexity index is 967. The molecule has 0 aromatic heterocycles. The molecule has 12 atom stereocenters. The third-order valence-corrected chi connectivity index (χ3v) is 9.39. The van der Waals surface area contributed by atoms with Crippen LogP contribution in [0.3, 0.4) is 0 Å². The summed E-state index contributed by atoms with van der Waals surface area (Å²) in [5.41, 5.74) is 0. The molecular weight excluding hydrogens is 666 g/mol. The van der Waals surface area contributed by atoms with Gasteiger partial charge in [-0.05, 0) is 32.1 Å². The van der Waals surface area contributed by atoms with Crippen LogP contribution in [0.25, 0.3) is 0 Å². The molecule has 0 spiro atoms. The number of allylic oxidation sites excluding steroid dienone is 3. The molecule has 0 saturated carbocycles. The monoisotopic (exact) mass is 733 g/mol. The van der Waals surface area contributed by atoms with Crippen LogP contribution in [0.1, 0.15) is 110 Å². The number of hydrogen-bond donors (Lipinski definition) is 9. The van der Waals surface area contributed by atoms with Crippen molar-refractivity contribution in [2.75, 3.05) is 19.8 Å². The fraction of sp³-hybridized carbons (Fsp3) is 0.865. The summed E-state index contributed by atoms with van der Waals surface area (Å²) >= 11 is 0. The lowest BCUT2D eigenvalue weighted by atomic mass is 9.97. The Kier molecular flexibility index (Phi) is 23.5. The molecule has 2 aliphatic heterocycles. The van der Waals surface area contributed by atoms with Crippen molar-refractivity contribution < 1.29 is 64.6 Å². The molecule has 2 fully saturated rings. The Labute approximate surface area is 303 Å². The number of rotatable bonds is 26. The molecule has 51 heavy (non-hydrogen) atoms. The van der Waals surface area contributed by atoms with Crippen LogP contribution >= 0.6 is 0 Å². The Morgan fingerprint density at radius 2 is 1.25 bits per heavy atom. The molecule has 14 nitrogen and oxygen atoms in total. The van der Waals surface area contributed by atoms with Gasteiger partial charge in [0.15, 0.2) is 12.6 Å². The highest BCUT2D eigenvalue weighted by Gasteiger charge is 2.50. The predicted molar refractivity (Wildman–Crippen MR) is 189 cm³/mol. The van der Waals surface area contributed by atoms with Crippen LogP contribution in [0.5, 0.6) is 0 Å². The fourth-order valence-corrected chi connectivity index (χ4v) is 6.13. The Balaban J connectivity index is 2.00. The molecule has 0 aromatic carbocycles. The topological polar surface area (TPSA) is 228 Å². The van der Waals surface area contributed by atoms with Gasteiger partial charge in [0.05, 0.1) is 32.0 Å². The molecule has 2 aliphatic rings. The number of nitrogens with one attached hydrogen (secondary N) is 1. The van der Waals surface area contributed by atoms with Gasteiger partial charge in [-0.15, -0.1) is 0 Å². The number of ether oxygens (including phenoxy) is 4. The second kappa shape index (κ2) is 26.3. The van der Waals surface area contributed by atoms with Gasteiger partial charge in [-0.25, -0.2) is 0 Å². The van der Waals surface area contributed by atoms with E-state index in [0.717, 1.165) is 44.9 Å². The molecular formula is C37H67NO13. The molecule has 14 heteroatoms. The van der Waals surface area contributed by atoms with E-state index in [4.69, 9.17) is 18.9 Å². The Morgan fingerprint density at radius 3 is 1.92 bits per heavy atom. The molecule has 1 amide bonds. The SMILES string of the molecule is CCCCCCC/C=C/CC/C=C/C(O)C(COC1OC(CO)C(OC2OC(CO)C(O)C(O)C2O)C(O)C1O)NC(=O)CCCCCCCC. The minimum absolute atomic E-state index is 0.264. The first-order valence-electron chi connectivity index (χ1n) is 19.1. The summed E-state index contributed by atoms with van der Waals surface area (Å²) in [6.07, 6.45) is 5.73. The number of carbonyl (C=O) groups excluding carboxylic acids is 1. The van der Waals surface area contributed by atoms with Gasteiger partial charge >= 0.3 is 0 Å². The molecule has 0 bridgehead atoms. The number of aliphatic hydroxyl groups is 8. The van der Waals surface area contributed by atoms with Crippen LogP contribution in [0.4, 0.5) is 0 Å². The van der Waals surface area contributed by atoms with E-state index < -0.39 is 86.8 Å². The Morgan fingerprint density at radius 1 is 0.686 bits per heavy atom. The third kappa shape index (κ3) is 16.2. The average Bonchev–Trinajstić information content (AvgIpc) is 3.12. The first-order valence-corrected chi connectivity index (χ1v) is 19.1. The van der Waals surface area contributed by atoms with Gasteiger partial charge in [0.25, 0.3) is 0 Å². The van der Waals surface area contributed by atoms with Crippen molar-refractivity contribution in [1.82, 2.24) is 5.32 Å². The number of carbonyl (C=O) groups is 1. The van der Waals surface area contributed by atoms with Crippen molar-refractivity contribution in [2.45, 2.75) is 184 Å². The highest BCUT2D eigenvalue weighted by molar-refractivity contribution is 5.76. The maximum atomic E-state index is 12.9. The van der Waals surface area contributed by atoms with Crippen molar-refractivity contribution >= 4 is 5.91 Å². The summed E-state index contributed by atoms with van der Waals surface area (Å²) in [5, 5.41) is 85.7. The molecule has 2 heterocycles. The zero-order valence-corrected chi connectivity index (χ0v) is 30.6. The highest BCUT2D eigenvalue weighted by atomic mass is 16.7. The molecule has 0 aliphatic carbocycles. The van der Waals surface area contributed by atoms with E-state index >= 15 is 0 Å². The van der Waals surface area contributed by atoms with E-state index in [1.807, 2.05) is 6.08 Å². The van der Waals surface area contributed by atoms with Crippen molar-refractivity contribution in [1.29, 1.82) is 0 Å². The second-order valence-corrected chi connectivity index (χ2v) is 13.7. The zero-order valence-electron chi connectivity index (χ0n) is 30.6. The van der Waals surface area contributed by atoms with Gasteiger partial charge in [0.2, 0.25) is 5.91 Å². The minimum atomic E-state index is -1.79. The predicted octanol–water partition coefficient (Wildman–Crippen LogP) is 1.48. The van der Waals surface area contributed by atoms with Gasteiger partial charge in [-0.3, -0.25) is 4.79 Å². The average molecular weight is 734 g/mol. The lowest BCUT2D eigenvalue weighted by Gasteiger charge is -2.46. The van der Waals surface area contributed by atoms with E-state index in [9.17, 15) is 45.6 Å². The van der Waals surface area contributed by atoms with Crippen molar-refractivity contribution in [3.8, 4) is 0 Å². The second-order valence-electron chi connectivity index (χ2n) is 13.7. The number of hydrogen-bond acceptors (Lipinski definition) is 13. The maximum absolute atomic E-state index is 12.9. The minimum Gasteiger partial charge on any atom is -0.394 e. The summed E-state index contributed by atoms with van der Waals surface area (Å²) in [6, 6.07) is -0.920. The van der Waals surface area contributed by atoms with Crippen LogP contribution in [0.15, 0.2) is 24.3 Å². The van der Waals surface area contributed by atoms with E-state index in [-0.39, 0.29) is 18.9 Å². The number of aliphatic hydroxyl groups excluding tert-OH is 8. The fourth-order valence-electron chi connectivity index (χ4n) is 6.13.